The second kappa shape index (κ2) is 5.78. The summed E-state index contributed by atoms with van der Waals surface area (Å²) in [5.41, 5.74) is 0.0568. The highest BCUT2D eigenvalue weighted by Gasteiger charge is 2.35. The third-order valence-electron chi connectivity index (χ3n) is 2.03. The Morgan fingerprint density at radius 3 is 2.00 bits per heavy atom. The van der Waals surface area contributed by atoms with Crippen LogP contribution in [0.3, 0.4) is 0 Å². The molecule has 2 atom stereocenters. The summed E-state index contributed by atoms with van der Waals surface area (Å²) < 4.78 is 4.45. The average molecular weight is 254 g/mol. The second-order valence-electron chi connectivity index (χ2n) is 3.31. The van der Waals surface area contributed by atoms with Gasteiger partial charge in [-0.2, -0.15) is 0 Å². The minimum atomic E-state index is -2.32. The van der Waals surface area contributed by atoms with Gasteiger partial charge in [-0.25, -0.2) is 14.4 Å². The van der Waals surface area contributed by atoms with Gasteiger partial charge in [0.15, 0.2) is 6.10 Å². The Bertz CT molecular complexity index is 454. The number of esters is 1. The number of ether oxygens (including phenoxy) is 1. The fourth-order valence-electron chi connectivity index (χ4n) is 1.14. The summed E-state index contributed by atoms with van der Waals surface area (Å²) in [6.07, 6.45) is -4.48. The molecule has 0 saturated carbocycles. The van der Waals surface area contributed by atoms with E-state index in [4.69, 9.17) is 15.3 Å². The molecule has 0 radical (unpaired) electrons. The van der Waals surface area contributed by atoms with Crippen molar-refractivity contribution in [3.8, 4) is 0 Å². The number of hydrogen-bond donors (Lipinski definition) is 3. The zero-order chi connectivity index (χ0) is 13.7. The molecule has 0 fully saturated rings. The van der Waals surface area contributed by atoms with Gasteiger partial charge in [-0.05, 0) is 12.1 Å². The van der Waals surface area contributed by atoms with Crippen molar-refractivity contribution in [3.63, 3.8) is 0 Å². The largest absolute Gasteiger partial charge is 0.479 e. The van der Waals surface area contributed by atoms with E-state index >= 15 is 0 Å². The molecule has 0 unspecified atom stereocenters. The molecule has 7 nitrogen and oxygen atoms in total. The van der Waals surface area contributed by atoms with Gasteiger partial charge < -0.3 is 20.1 Å². The van der Waals surface area contributed by atoms with Gasteiger partial charge in [-0.15, -0.1) is 0 Å². The molecule has 0 amide bonds. The van der Waals surface area contributed by atoms with Crippen LogP contribution in [-0.2, 0) is 14.3 Å². The van der Waals surface area contributed by atoms with Gasteiger partial charge in [-0.3, -0.25) is 0 Å². The number of carboxylic acid groups (broad SMARTS) is 2. The number of aliphatic hydroxyl groups excluding tert-OH is 1. The predicted molar refractivity (Wildman–Crippen MR) is 56.9 cm³/mol. The lowest BCUT2D eigenvalue weighted by Gasteiger charge is -2.16. The molecule has 1 aromatic carbocycles. The molecule has 18 heavy (non-hydrogen) atoms. The van der Waals surface area contributed by atoms with Crippen LogP contribution in [0.1, 0.15) is 10.4 Å². The van der Waals surface area contributed by atoms with E-state index in [9.17, 15) is 14.4 Å². The third-order valence-corrected chi connectivity index (χ3v) is 2.03. The van der Waals surface area contributed by atoms with E-state index in [1.54, 1.807) is 6.07 Å². The number of rotatable bonds is 5. The average Bonchev–Trinajstić information content (AvgIpc) is 2.35. The highest BCUT2D eigenvalue weighted by atomic mass is 16.6. The normalized spacial score (nSPS) is 13.4. The molecular weight excluding hydrogens is 244 g/mol. The van der Waals surface area contributed by atoms with E-state index in [-0.39, 0.29) is 5.56 Å². The topological polar surface area (TPSA) is 121 Å². The number of aliphatic carboxylic acids is 2. The van der Waals surface area contributed by atoms with Crippen molar-refractivity contribution in [1.29, 1.82) is 0 Å². The fraction of sp³-hybridized carbons (Fsp3) is 0.182. The maximum atomic E-state index is 11.5. The zero-order valence-corrected chi connectivity index (χ0v) is 9.02. The Balaban J connectivity index is 2.83. The molecule has 0 bridgehead atoms. The first-order valence-corrected chi connectivity index (χ1v) is 4.83. The molecule has 1 aromatic rings. The van der Waals surface area contributed by atoms with Crippen LogP contribution >= 0.6 is 0 Å². The van der Waals surface area contributed by atoms with Crippen molar-refractivity contribution >= 4 is 17.9 Å². The van der Waals surface area contributed by atoms with Crippen LogP contribution in [0.25, 0.3) is 0 Å². The first kappa shape index (κ1) is 13.7. The number of carboxylic acids is 2. The fourth-order valence-corrected chi connectivity index (χ4v) is 1.14. The number of hydrogen-bond acceptors (Lipinski definition) is 5. The first-order valence-electron chi connectivity index (χ1n) is 4.83. The van der Waals surface area contributed by atoms with Gasteiger partial charge in [-0.1, -0.05) is 18.2 Å². The summed E-state index contributed by atoms with van der Waals surface area (Å²) in [5.74, 6) is -4.55. The van der Waals surface area contributed by atoms with Crippen molar-refractivity contribution in [1.82, 2.24) is 0 Å². The molecule has 96 valence electrons. The van der Waals surface area contributed by atoms with Crippen molar-refractivity contribution in [2.45, 2.75) is 12.2 Å². The molecular formula is C11H10O7. The summed E-state index contributed by atoms with van der Waals surface area (Å²) in [7, 11) is 0. The first-order chi connectivity index (χ1) is 8.43. The maximum Gasteiger partial charge on any atom is 0.348 e. The van der Waals surface area contributed by atoms with Crippen LogP contribution in [0.15, 0.2) is 30.3 Å². The Morgan fingerprint density at radius 1 is 1.00 bits per heavy atom. The highest BCUT2D eigenvalue weighted by Crippen LogP contribution is 2.07. The van der Waals surface area contributed by atoms with Gasteiger partial charge in [0.25, 0.3) is 0 Å². The van der Waals surface area contributed by atoms with Crippen LogP contribution in [0.5, 0.6) is 0 Å². The van der Waals surface area contributed by atoms with Crippen LogP contribution in [-0.4, -0.2) is 45.4 Å². The van der Waals surface area contributed by atoms with Gasteiger partial charge in [0, 0.05) is 0 Å². The Labute approximate surface area is 101 Å². The molecule has 0 aromatic heterocycles. The lowest BCUT2D eigenvalue weighted by molar-refractivity contribution is -0.166. The van der Waals surface area contributed by atoms with Crippen molar-refractivity contribution in [3.05, 3.63) is 35.9 Å². The lowest BCUT2D eigenvalue weighted by Crippen LogP contribution is -2.43. The molecule has 7 heteroatoms. The summed E-state index contributed by atoms with van der Waals surface area (Å²) >= 11 is 0. The summed E-state index contributed by atoms with van der Waals surface area (Å²) in [6, 6.07) is 7.43. The Hall–Kier alpha value is -2.41. The number of benzene rings is 1. The van der Waals surface area contributed by atoms with E-state index < -0.39 is 30.1 Å². The van der Waals surface area contributed by atoms with Crippen LogP contribution in [0.4, 0.5) is 0 Å². The number of aliphatic hydroxyl groups is 1. The summed E-state index contributed by atoms with van der Waals surface area (Å²) in [5, 5.41) is 26.3. The monoisotopic (exact) mass is 254 g/mol. The molecule has 3 N–H and O–H groups in total. The summed E-state index contributed by atoms with van der Waals surface area (Å²) in [4.78, 5) is 32.7. The van der Waals surface area contributed by atoms with Crippen LogP contribution in [0.2, 0.25) is 0 Å². The van der Waals surface area contributed by atoms with Crippen molar-refractivity contribution < 1.29 is 34.4 Å². The lowest BCUT2D eigenvalue weighted by atomic mass is 10.2. The second-order valence-corrected chi connectivity index (χ2v) is 3.31. The van der Waals surface area contributed by atoms with Crippen LogP contribution in [0, 0.1) is 0 Å². The molecule has 1 rings (SSSR count). The van der Waals surface area contributed by atoms with E-state index in [0.717, 1.165) is 0 Å². The Morgan fingerprint density at radius 2 is 1.56 bits per heavy atom. The van der Waals surface area contributed by atoms with E-state index in [2.05, 4.69) is 4.74 Å². The minimum absolute atomic E-state index is 0.0568. The molecule has 0 aliphatic carbocycles. The van der Waals surface area contributed by atoms with Gasteiger partial charge in [0.05, 0.1) is 5.56 Å². The zero-order valence-electron chi connectivity index (χ0n) is 9.02. The Kier molecular flexibility index (Phi) is 4.39. The van der Waals surface area contributed by atoms with Crippen LogP contribution < -0.4 is 0 Å². The highest BCUT2D eigenvalue weighted by molar-refractivity contribution is 5.92. The maximum absolute atomic E-state index is 11.5. The van der Waals surface area contributed by atoms with Crippen molar-refractivity contribution in [2.24, 2.45) is 0 Å². The van der Waals surface area contributed by atoms with E-state index in [1.165, 1.54) is 24.3 Å². The standard InChI is InChI=1S/C11H10O7/c12-7(9(13)14)8(10(15)16)18-11(17)6-4-2-1-3-5-6/h1-5,7-8,12H,(H,13,14)(H,15,16)/t7-,8-/m0/s1. The predicted octanol–water partition coefficient (Wildman–Crippen LogP) is -0.258. The van der Waals surface area contributed by atoms with Gasteiger partial charge in [0.2, 0.25) is 6.10 Å². The van der Waals surface area contributed by atoms with E-state index in [1.807, 2.05) is 0 Å². The number of carbonyl (C=O) groups is 3. The molecule has 0 aliphatic rings. The summed E-state index contributed by atoms with van der Waals surface area (Å²) in [6.45, 7) is 0. The van der Waals surface area contributed by atoms with Crippen molar-refractivity contribution in [2.75, 3.05) is 0 Å². The molecule has 0 saturated heterocycles. The molecule has 0 aliphatic heterocycles. The molecule has 0 heterocycles. The van der Waals surface area contributed by atoms with E-state index in [0.29, 0.717) is 0 Å². The van der Waals surface area contributed by atoms with Gasteiger partial charge in [0.1, 0.15) is 0 Å². The minimum Gasteiger partial charge on any atom is -0.479 e. The molecule has 0 spiro atoms. The SMILES string of the molecule is O=C(O[C@H](C(=O)O)[C@H](O)C(=O)O)c1ccccc1. The quantitative estimate of drug-likeness (QED) is 0.619. The smallest absolute Gasteiger partial charge is 0.348 e. The number of carbonyl (C=O) groups excluding carboxylic acids is 1. The van der Waals surface area contributed by atoms with Gasteiger partial charge >= 0.3 is 17.9 Å². The third kappa shape index (κ3) is 3.29.